The predicted molar refractivity (Wildman–Crippen MR) is 83.1 cm³/mol. The zero-order valence-corrected chi connectivity index (χ0v) is 12.7. The van der Waals surface area contributed by atoms with Crippen LogP contribution in [0.4, 0.5) is 0 Å². The number of aliphatic hydroxyl groups excluding tert-OH is 1. The standard InChI is InChI=1S/C16H16N2O2S/c1-11-10-21-16(17-11)12(2)18-15(20)14-7-3-5-13(9-14)6-4-8-19/h3,5,7,9-10,12,19H,8H2,1-2H3,(H,18,20). The van der Waals surface area contributed by atoms with Crippen LogP contribution in [0.5, 0.6) is 0 Å². The molecule has 2 aromatic rings. The van der Waals surface area contributed by atoms with Crippen molar-refractivity contribution >= 4 is 17.2 Å². The quantitative estimate of drug-likeness (QED) is 0.855. The topological polar surface area (TPSA) is 62.2 Å². The maximum atomic E-state index is 12.2. The van der Waals surface area contributed by atoms with Crippen molar-refractivity contribution in [3.8, 4) is 11.8 Å². The fraction of sp³-hybridized carbons (Fsp3) is 0.250. The molecule has 0 aliphatic rings. The Bertz CT molecular complexity index is 698. The molecule has 1 aromatic heterocycles. The van der Waals surface area contributed by atoms with E-state index < -0.39 is 0 Å². The van der Waals surface area contributed by atoms with Crippen LogP contribution >= 0.6 is 11.3 Å². The molecule has 4 nitrogen and oxygen atoms in total. The number of aliphatic hydroxyl groups is 1. The molecule has 2 N–H and O–H groups in total. The molecule has 0 saturated carbocycles. The summed E-state index contributed by atoms with van der Waals surface area (Å²) in [7, 11) is 0. The highest BCUT2D eigenvalue weighted by Crippen LogP contribution is 2.18. The summed E-state index contributed by atoms with van der Waals surface area (Å²) in [6, 6.07) is 6.88. The van der Waals surface area contributed by atoms with Crippen molar-refractivity contribution in [3.05, 3.63) is 51.5 Å². The molecule has 0 radical (unpaired) electrons. The number of aryl methyl sites for hydroxylation is 1. The number of rotatable bonds is 3. The monoisotopic (exact) mass is 300 g/mol. The molecule has 21 heavy (non-hydrogen) atoms. The van der Waals surface area contributed by atoms with Gasteiger partial charge in [-0.3, -0.25) is 4.79 Å². The number of nitrogens with zero attached hydrogens (tertiary/aromatic N) is 1. The number of benzene rings is 1. The minimum absolute atomic E-state index is 0.136. The van der Waals surface area contributed by atoms with Gasteiger partial charge >= 0.3 is 0 Å². The Kier molecular flexibility index (Phi) is 5.09. The van der Waals surface area contributed by atoms with Gasteiger partial charge in [-0.15, -0.1) is 11.3 Å². The Balaban J connectivity index is 2.09. The van der Waals surface area contributed by atoms with Crippen LogP contribution < -0.4 is 5.32 Å². The molecule has 0 saturated heterocycles. The van der Waals surface area contributed by atoms with E-state index in [0.29, 0.717) is 11.1 Å². The van der Waals surface area contributed by atoms with E-state index >= 15 is 0 Å². The van der Waals surface area contributed by atoms with Gasteiger partial charge in [0.25, 0.3) is 5.91 Å². The van der Waals surface area contributed by atoms with E-state index in [9.17, 15) is 4.79 Å². The fourth-order valence-corrected chi connectivity index (χ4v) is 2.60. The third-order valence-electron chi connectivity index (χ3n) is 2.79. The fourth-order valence-electron chi connectivity index (χ4n) is 1.79. The lowest BCUT2D eigenvalue weighted by Crippen LogP contribution is -2.26. The summed E-state index contributed by atoms with van der Waals surface area (Å²) in [5.41, 5.74) is 2.20. The average Bonchev–Trinajstić information content (AvgIpc) is 2.92. The molecule has 108 valence electrons. The van der Waals surface area contributed by atoms with E-state index in [4.69, 9.17) is 5.11 Å². The lowest BCUT2D eigenvalue weighted by Gasteiger charge is -2.11. The maximum Gasteiger partial charge on any atom is 0.251 e. The van der Waals surface area contributed by atoms with Crippen molar-refractivity contribution < 1.29 is 9.90 Å². The molecule has 0 fully saturated rings. The van der Waals surface area contributed by atoms with Gasteiger partial charge in [0.2, 0.25) is 0 Å². The molecular formula is C16H16N2O2S. The van der Waals surface area contributed by atoms with E-state index in [1.807, 2.05) is 19.2 Å². The number of aromatic nitrogens is 1. The van der Waals surface area contributed by atoms with Crippen molar-refractivity contribution in [1.82, 2.24) is 10.3 Å². The summed E-state index contributed by atoms with van der Waals surface area (Å²) >= 11 is 1.53. The van der Waals surface area contributed by atoms with Crippen molar-refractivity contribution in [1.29, 1.82) is 0 Å². The number of carbonyl (C=O) groups excluding carboxylic acids is 1. The SMILES string of the molecule is Cc1csc(C(C)NC(=O)c2cccc(C#CCO)c2)n1. The summed E-state index contributed by atoms with van der Waals surface area (Å²) in [5, 5.41) is 14.5. The normalized spacial score (nSPS) is 11.4. The highest BCUT2D eigenvalue weighted by atomic mass is 32.1. The van der Waals surface area contributed by atoms with Crippen molar-refractivity contribution in [2.45, 2.75) is 19.9 Å². The van der Waals surface area contributed by atoms with E-state index in [1.165, 1.54) is 11.3 Å². The van der Waals surface area contributed by atoms with Crippen LogP contribution in [0.25, 0.3) is 0 Å². The minimum Gasteiger partial charge on any atom is -0.384 e. The number of hydrogen-bond acceptors (Lipinski definition) is 4. The molecule has 1 amide bonds. The Morgan fingerprint density at radius 2 is 2.33 bits per heavy atom. The minimum atomic E-state index is -0.198. The first kappa shape index (κ1) is 15.2. The van der Waals surface area contributed by atoms with Gasteiger partial charge in [-0.2, -0.15) is 0 Å². The second kappa shape index (κ2) is 7.02. The van der Waals surface area contributed by atoms with Crippen molar-refractivity contribution in [3.63, 3.8) is 0 Å². The van der Waals surface area contributed by atoms with Gasteiger partial charge in [0.15, 0.2) is 0 Å². The summed E-state index contributed by atoms with van der Waals surface area (Å²) < 4.78 is 0. The highest BCUT2D eigenvalue weighted by molar-refractivity contribution is 7.09. The first-order valence-corrected chi connectivity index (χ1v) is 7.41. The number of nitrogens with one attached hydrogen (secondary N) is 1. The second-order valence-electron chi connectivity index (χ2n) is 4.56. The summed E-state index contributed by atoms with van der Waals surface area (Å²) in [6.45, 7) is 3.64. The highest BCUT2D eigenvalue weighted by Gasteiger charge is 2.14. The van der Waals surface area contributed by atoms with Gasteiger partial charge in [0.1, 0.15) is 11.6 Å². The van der Waals surface area contributed by atoms with Gasteiger partial charge < -0.3 is 10.4 Å². The van der Waals surface area contributed by atoms with Gasteiger partial charge in [-0.1, -0.05) is 17.9 Å². The predicted octanol–water partition coefficient (Wildman–Crippen LogP) is 2.29. The third-order valence-corrected chi connectivity index (χ3v) is 3.94. The zero-order valence-electron chi connectivity index (χ0n) is 11.9. The van der Waals surface area contributed by atoms with E-state index in [2.05, 4.69) is 22.1 Å². The molecule has 0 aliphatic carbocycles. The number of thiazole rings is 1. The summed E-state index contributed by atoms with van der Waals surface area (Å²) in [5.74, 6) is 5.19. The van der Waals surface area contributed by atoms with Crippen LogP contribution in [0, 0.1) is 18.8 Å². The Hall–Kier alpha value is -2.16. The molecule has 1 aromatic carbocycles. The first-order valence-electron chi connectivity index (χ1n) is 6.53. The molecule has 1 unspecified atom stereocenters. The third kappa shape index (κ3) is 4.15. The van der Waals surface area contributed by atoms with Crippen molar-refractivity contribution in [2.24, 2.45) is 0 Å². The molecule has 2 rings (SSSR count). The molecular weight excluding hydrogens is 284 g/mol. The van der Waals surface area contributed by atoms with Gasteiger partial charge in [0, 0.05) is 22.2 Å². The number of carbonyl (C=O) groups is 1. The largest absolute Gasteiger partial charge is 0.384 e. The Labute approximate surface area is 127 Å². The summed E-state index contributed by atoms with van der Waals surface area (Å²) in [6.07, 6.45) is 0. The Morgan fingerprint density at radius 3 is 3.00 bits per heavy atom. The molecule has 0 aliphatic heterocycles. The Morgan fingerprint density at radius 1 is 1.52 bits per heavy atom. The molecule has 1 heterocycles. The molecule has 0 spiro atoms. The van der Waals surface area contributed by atoms with E-state index in [-0.39, 0.29) is 18.6 Å². The van der Waals surface area contributed by atoms with E-state index in [1.54, 1.807) is 24.3 Å². The van der Waals surface area contributed by atoms with Crippen molar-refractivity contribution in [2.75, 3.05) is 6.61 Å². The van der Waals surface area contributed by atoms with Crippen LogP contribution in [-0.2, 0) is 0 Å². The van der Waals surface area contributed by atoms with Crippen LogP contribution in [0.3, 0.4) is 0 Å². The van der Waals surface area contributed by atoms with Gasteiger partial charge in [-0.25, -0.2) is 4.98 Å². The zero-order chi connectivity index (χ0) is 15.2. The maximum absolute atomic E-state index is 12.2. The van der Waals surface area contributed by atoms with Crippen LogP contribution in [0.15, 0.2) is 29.6 Å². The first-order chi connectivity index (χ1) is 10.1. The molecule has 1 atom stereocenters. The van der Waals surface area contributed by atoms with E-state index in [0.717, 1.165) is 10.7 Å². The van der Waals surface area contributed by atoms with Crippen LogP contribution in [0.1, 0.15) is 39.6 Å². The molecule has 5 heteroatoms. The molecule has 0 bridgehead atoms. The van der Waals surface area contributed by atoms with Crippen LogP contribution in [-0.4, -0.2) is 22.6 Å². The van der Waals surface area contributed by atoms with Gasteiger partial charge in [-0.05, 0) is 32.0 Å². The number of amides is 1. The summed E-state index contributed by atoms with van der Waals surface area (Å²) in [4.78, 5) is 16.6. The van der Waals surface area contributed by atoms with Crippen LogP contribution in [0.2, 0.25) is 0 Å². The lowest BCUT2D eigenvalue weighted by atomic mass is 10.1. The lowest BCUT2D eigenvalue weighted by molar-refractivity contribution is 0.0939. The number of hydrogen-bond donors (Lipinski definition) is 2. The smallest absolute Gasteiger partial charge is 0.251 e. The second-order valence-corrected chi connectivity index (χ2v) is 5.45. The van der Waals surface area contributed by atoms with Gasteiger partial charge in [0.05, 0.1) is 6.04 Å². The average molecular weight is 300 g/mol.